The van der Waals surface area contributed by atoms with Gasteiger partial charge in [-0.15, -0.1) is 0 Å². The van der Waals surface area contributed by atoms with Gasteiger partial charge in [0.05, 0.1) is 0 Å². The molecular weight excluding hydrogens is 464 g/mol. The molecule has 0 spiro atoms. The van der Waals surface area contributed by atoms with Gasteiger partial charge >= 0.3 is 12.2 Å². The van der Waals surface area contributed by atoms with E-state index in [2.05, 4.69) is 44.8 Å². The average molecular weight is 505 g/mol. The number of benzene rings is 1. The maximum absolute atomic E-state index is 12.9. The van der Waals surface area contributed by atoms with Crippen LogP contribution in [0.2, 0.25) is 0 Å². The molecule has 0 aliphatic carbocycles. The highest BCUT2D eigenvalue weighted by atomic mass is 35.5. The van der Waals surface area contributed by atoms with Crippen molar-refractivity contribution in [2.24, 2.45) is 4.99 Å². The molecule has 35 heavy (non-hydrogen) atoms. The first-order valence-electron chi connectivity index (χ1n) is 11.8. The molecule has 7 heteroatoms. The summed E-state index contributed by atoms with van der Waals surface area (Å²) >= 11 is 6.72. The second-order valence-electron chi connectivity index (χ2n) is 10.6. The molecule has 1 aromatic rings. The highest BCUT2D eigenvalue weighted by molar-refractivity contribution is 6.31. The fourth-order valence-electron chi connectivity index (χ4n) is 3.44. The molecule has 0 saturated heterocycles. The third-order valence-corrected chi connectivity index (χ3v) is 5.48. The number of amides is 2. The molecule has 194 valence electrons. The van der Waals surface area contributed by atoms with E-state index in [4.69, 9.17) is 21.1 Å². The topological polar surface area (TPSA) is 68.2 Å². The van der Waals surface area contributed by atoms with E-state index in [-0.39, 0.29) is 11.0 Å². The number of rotatable bonds is 4. The van der Waals surface area contributed by atoms with E-state index in [9.17, 15) is 9.59 Å². The zero-order chi connectivity index (χ0) is 27.3. The number of carbonyl (C=O) groups excluding carboxylic acids is 2. The number of hydrogen-bond donors (Lipinski definition) is 0. The zero-order valence-electron chi connectivity index (χ0n) is 23.3. The number of amidine groups is 1. The summed E-state index contributed by atoms with van der Waals surface area (Å²) in [4.78, 5) is 31.1. The molecule has 0 aliphatic rings. The molecule has 0 fully saturated rings. The number of nitrogens with zero attached hydrogens (tertiary/aromatic N) is 2. The summed E-state index contributed by atoms with van der Waals surface area (Å²) in [5.41, 5.74) is 4.63. The van der Waals surface area contributed by atoms with Gasteiger partial charge in [-0.25, -0.2) is 14.6 Å². The number of ether oxygens (including phenoxy) is 2. The molecule has 0 heterocycles. The van der Waals surface area contributed by atoms with Crippen molar-refractivity contribution >= 4 is 35.2 Å². The van der Waals surface area contributed by atoms with Gasteiger partial charge < -0.3 is 9.47 Å². The Bertz CT molecular complexity index is 1010. The Balaban J connectivity index is 3.67. The minimum Gasteiger partial charge on any atom is -0.443 e. The maximum atomic E-state index is 12.9. The van der Waals surface area contributed by atoms with Crippen LogP contribution in [0.5, 0.6) is 0 Å². The van der Waals surface area contributed by atoms with Gasteiger partial charge in [0.1, 0.15) is 22.2 Å². The normalized spacial score (nSPS) is 14.1. The lowest BCUT2D eigenvalue weighted by Gasteiger charge is -2.28. The minimum atomic E-state index is -0.884. The van der Waals surface area contributed by atoms with Crippen LogP contribution in [0, 0.1) is 13.8 Å². The number of halogens is 1. The summed E-state index contributed by atoms with van der Waals surface area (Å²) in [5.74, 6) is 0.0489. The molecule has 0 N–H and O–H groups in total. The van der Waals surface area contributed by atoms with E-state index < -0.39 is 23.4 Å². The fourth-order valence-corrected chi connectivity index (χ4v) is 3.66. The van der Waals surface area contributed by atoms with E-state index in [1.165, 1.54) is 6.92 Å². The van der Waals surface area contributed by atoms with Crippen LogP contribution in [-0.4, -0.2) is 34.1 Å². The molecule has 0 radical (unpaired) electrons. The van der Waals surface area contributed by atoms with Crippen molar-refractivity contribution in [3.63, 3.8) is 0 Å². The average Bonchev–Trinajstić information content (AvgIpc) is 2.67. The third-order valence-electron chi connectivity index (χ3n) is 5.11. The molecule has 0 saturated carbocycles. The molecule has 1 rings (SSSR count). The number of imide groups is 1. The number of aryl methyl sites for hydroxylation is 2. The first kappa shape index (κ1) is 30.4. The van der Waals surface area contributed by atoms with Gasteiger partial charge in [-0.1, -0.05) is 42.3 Å². The second kappa shape index (κ2) is 11.9. The van der Waals surface area contributed by atoms with Gasteiger partial charge in [-0.2, -0.15) is 4.90 Å². The number of aliphatic imine (C=N–C) groups is 1. The van der Waals surface area contributed by atoms with Gasteiger partial charge in [0.15, 0.2) is 0 Å². The van der Waals surface area contributed by atoms with Gasteiger partial charge in [-0.3, -0.25) is 0 Å². The van der Waals surface area contributed by atoms with Gasteiger partial charge in [0.25, 0.3) is 0 Å². The van der Waals surface area contributed by atoms with Crippen LogP contribution < -0.4 is 0 Å². The first-order valence-corrected chi connectivity index (χ1v) is 12.2. The molecule has 0 aliphatic heterocycles. The lowest BCUT2D eigenvalue weighted by atomic mass is 9.88. The van der Waals surface area contributed by atoms with E-state index in [0.29, 0.717) is 0 Å². The Kier molecular flexibility index (Phi) is 10.3. The lowest BCUT2D eigenvalue weighted by molar-refractivity contribution is 0.0146. The highest BCUT2D eigenvalue weighted by Crippen LogP contribution is 2.35. The van der Waals surface area contributed by atoms with Crippen LogP contribution in [0.4, 0.5) is 9.59 Å². The van der Waals surface area contributed by atoms with Crippen LogP contribution in [0.1, 0.15) is 92.3 Å². The Morgan fingerprint density at radius 2 is 1.34 bits per heavy atom. The van der Waals surface area contributed by atoms with E-state index in [1.54, 1.807) is 41.5 Å². The molecule has 1 aromatic carbocycles. The fraction of sp³-hybridized carbons (Fsp3) is 0.536. The first-order chi connectivity index (χ1) is 15.9. The van der Waals surface area contributed by atoms with Crippen LogP contribution in [0.3, 0.4) is 0 Å². The Morgan fingerprint density at radius 1 is 0.914 bits per heavy atom. The smallest absolute Gasteiger partial charge is 0.425 e. The van der Waals surface area contributed by atoms with Crippen molar-refractivity contribution < 1.29 is 19.1 Å². The van der Waals surface area contributed by atoms with E-state index >= 15 is 0 Å². The molecule has 6 nitrogen and oxygen atoms in total. The van der Waals surface area contributed by atoms with E-state index in [1.807, 2.05) is 13.0 Å². The molecule has 0 bridgehead atoms. The van der Waals surface area contributed by atoms with Crippen molar-refractivity contribution in [1.29, 1.82) is 0 Å². The van der Waals surface area contributed by atoms with Crippen molar-refractivity contribution in [2.75, 3.05) is 0 Å². The molecule has 0 atom stereocenters. The van der Waals surface area contributed by atoms with Crippen LogP contribution in [0.25, 0.3) is 5.57 Å². The summed E-state index contributed by atoms with van der Waals surface area (Å²) in [6, 6.07) is 6.15. The molecule has 0 unspecified atom stereocenters. The Hall–Kier alpha value is -2.60. The molecule has 0 aromatic heterocycles. The molecular formula is C28H41ClN2O4. The monoisotopic (exact) mass is 504 g/mol. The Labute approximate surface area is 216 Å². The van der Waals surface area contributed by atoms with Crippen molar-refractivity contribution in [2.45, 2.75) is 101 Å². The summed E-state index contributed by atoms with van der Waals surface area (Å²) in [5, 5.41) is 0.171. The number of hydrogen-bond acceptors (Lipinski definition) is 5. The summed E-state index contributed by atoms with van der Waals surface area (Å²) in [6.07, 6.45) is -0.939. The summed E-state index contributed by atoms with van der Waals surface area (Å²) in [6.45, 7) is 22.0. The van der Waals surface area contributed by atoms with Crippen LogP contribution in [-0.2, 0) is 9.47 Å². The van der Waals surface area contributed by atoms with Gasteiger partial charge in [0, 0.05) is 0 Å². The maximum Gasteiger partial charge on any atom is 0.425 e. The number of allylic oxidation sites excluding steroid dienone is 3. The zero-order valence-corrected chi connectivity index (χ0v) is 24.1. The minimum absolute atomic E-state index is 0.0489. The van der Waals surface area contributed by atoms with Gasteiger partial charge in [0.2, 0.25) is 0 Å². The van der Waals surface area contributed by atoms with Gasteiger partial charge in [-0.05, 0) is 110 Å². The summed E-state index contributed by atoms with van der Waals surface area (Å²) in [7, 11) is 0. The van der Waals surface area contributed by atoms with Crippen molar-refractivity contribution in [3.05, 3.63) is 51.2 Å². The van der Waals surface area contributed by atoms with Crippen LogP contribution >= 0.6 is 11.6 Å². The SMILES string of the molecule is CCC(C)=C(/C(C)=C(Cl)\N=C(/C)N(C(=O)OC(C)(C)C)C(=O)OC(C)(C)C)c1c(C)cccc1C. The molecule has 2 amide bonds. The third kappa shape index (κ3) is 8.84. The van der Waals surface area contributed by atoms with Crippen molar-refractivity contribution in [3.8, 4) is 0 Å². The van der Waals surface area contributed by atoms with Crippen LogP contribution in [0.15, 0.2) is 39.5 Å². The predicted molar refractivity (Wildman–Crippen MR) is 145 cm³/mol. The predicted octanol–water partition coefficient (Wildman–Crippen LogP) is 8.55. The number of carbonyl (C=O) groups is 2. The largest absolute Gasteiger partial charge is 0.443 e. The summed E-state index contributed by atoms with van der Waals surface area (Å²) < 4.78 is 10.9. The standard InChI is InChI=1S/C28H41ClN2O4/c1-13-17(2)23(22-18(3)15-14-16-19(22)4)20(5)24(29)30-21(6)31(25(32)34-27(7,8)9)26(33)35-28(10,11)12/h14-16H,13H2,1-12H3/b23-17?,24-20-,30-21+. The quantitative estimate of drug-likeness (QED) is 0.178. The van der Waals surface area contributed by atoms with Crippen molar-refractivity contribution in [1.82, 2.24) is 4.90 Å². The van der Waals surface area contributed by atoms with E-state index in [0.717, 1.165) is 44.7 Å². The lowest BCUT2D eigenvalue weighted by Crippen LogP contribution is -2.46. The Morgan fingerprint density at radius 3 is 1.71 bits per heavy atom. The highest BCUT2D eigenvalue weighted by Gasteiger charge is 2.33. The second-order valence-corrected chi connectivity index (χ2v) is 11.0.